The zero-order chi connectivity index (χ0) is 18.4. The number of carbonyl (C=O) groups is 1. The van der Waals surface area contributed by atoms with Crippen LogP contribution in [-0.2, 0) is 16.1 Å². The molecular formula is C19H17ClN2O3S. The Bertz CT molecular complexity index is 853. The monoisotopic (exact) mass is 388 g/mol. The molecule has 0 bridgehead atoms. The summed E-state index contributed by atoms with van der Waals surface area (Å²) in [4.78, 5) is 16.5. The van der Waals surface area contributed by atoms with E-state index in [0.717, 1.165) is 10.8 Å². The second-order valence-corrected chi connectivity index (χ2v) is 6.75. The van der Waals surface area contributed by atoms with Crippen molar-refractivity contribution < 1.29 is 14.3 Å². The normalized spacial score (nSPS) is 11.6. The van der Waals surface area contributed by atoms with Crippen molar-refractivity contribution in [3.8, 4) is 5.75 Å². The van der Waals surface area contributed by atoms with Gasteiger partial charge in [0, 0.05) is 16.1 Å². The fourth-order valence-electron chi connectivity index (χ4n) is 2.10. The van der Waals surface area contributed by atoms with Crippen molar-refractivity contribution >= 4 is 39.7 Å². The van der Waals surface area contributed by atoms with Gasteiger partial charge in [0.05, 0.1) is 5.69 Å². The summed E-state index contributed by atoms with van der Waals surface area (Å²) in [5.74, 6) is 0.104. The van der Waals surface area contributed by atoms with Crippen LogP contribution in [0.15, 0.2) is 60.0 Å². The van der Waals surface area contributed by atoms with Crippen LogP contribution in [0.5, 0.6) is 5.75 Å². The van der Waals surface area contributed by atoms with E-state index in [9.17, 15) is 4.79 Å². The average molecular weight is 389 g/mol. The minimum Gasteiger partial charge on any atom is -0.479 e. The molecule has 3 rings (SSSR count). The van der Waals surface area contributed by atoms with Crippen LogP contribution < -0.4 is 10.1 Å². The molecule has 3 aromatic rings. The summed E-state index contributed by atoms with van der Waals surface area (Å²) < 4.78 is 10.8. The number of aromatic nitrogens is 1. The van der Waals surface area contributed by atoms with E-state index in [1.807, 2.05) is 35.7 Å². The molecule has 1 atom stereocenters. The summed E-state index contributed by atoms with van der Waals surface area (Å²) >= 11 is 7.27. The van der Waals surface area contributed by atoms with E-state index in [1.165, 1.54) is 11.3 Å². The summed E-state index contributed by atoms with van der Waals surface area (Å²) in [6.45, 7) is 1.74. The van der Waals surface area contributed by atoms with Gasteiger partial charge in [0.2, 0.25) is 0 Å². The van der Waals surface area contributed by atoms with Crippen molar-refractivity contribution in [1.82, 2.24) is 4.98 Å². The van der Waals surface area contributed by atoms with Crippen molar-refractivity contribution in [3.05, 3.63) is 70.7 Å². The molecular weight excluding hydrogens is 372 g/mol. The standard InChI is InChI=1S/C19H17ClN2O3S/c1-13(25-17-9-7-14(20)8-10-17)18(23)24-11-16-12-26-19(22-16)21-15-5-3-2-4-6-15/h2-10,12-13H,11H2,1H3,(H,21,22). The predicted octanol–water partition coefficient (Wildman–Crippen LogP) is 5.05. The number of thiazole rings is 1. The predicted molar refractivity (Wildman–Crippen MR) is 103 cm³/mol. The van der Waals surface area contributed by atoms with Crippen molar-refractivity contribution in [2.75, 3.05) is 5.32 Å². The summed E-state index contributed by atoms with van der Waals surface area (Å²) in [6, 6.07) is 16.6. The number of anilines is 2. The van der Waals surface area contributed by atoms with Gasteiger partial charge in [-0.05, 0) is 43.3 Å². The first-order valence-corrected chi connectivity index (χ1v) is 9.21. The van der Waals surface area contributed by atoms with E-state index in [4.69, 9.17) is 21.1 Å². The van der Waals surface area contributed by atoms with Crippen LogP contribution in [0.2, 0.25) is 5.02 Å². The van der Waals surface area contributed by atoms with Crippen LogP contribution >= 0.6 is 22.9 Å². The lowest BCUT2D eigenvalue weighted by Crippen LogP contribution is -2.26. The van der Waals surface area contributed by atoms with Gasteiger partial charge in [-0.3, -0.25) is 0 Å². The Kier molecular flexibility index (Phi) is 6.09. The molecule has 1 heterocycles. The number of carbonyl (C=O) groups excluding carboxylic acids is 1. The van der Waals surface area contributed by atoms with Crippen LogP contribution in [-0.4, -0.2) is 17.1 Å². The summed E-state index contributed by atoms with van der Waals surface area (Å²) in [6.07, 6.45) is -0.725. The Morgan fingerprint density at radius 1 is 1.19 bits per heavy atom. The van der Waals surface area contributed by atoms with E-state index in [2.05, 4.69) is 10.3 Å². The topological polar surface area (TPSA) is 60.5 Å². The van der Waals surface area contributed by atoms with Gasteiger partial charge in [0.25, 0.3) is 0 Å². The number of rotatable bonds is 7. The van der Waals surface area contributed by atoms with Gasteiger partial charge in [-0.25, -0.2) is 9.78 Å². The number of benzene rings is 2. The quantitative estimate of drug-likeness (QED) is 0.574. The van der Waals surface area contributed by atoms with E-state index in [-0.39, 0.29) is 6.61 Å². The van der Waals surface area contributed by atoms with Gasteiger partial charge >= 0.3 is 5.97 Å². The highest BCUT2D eigenvalue weighted by molar-refractivity contribution is 7.13. The molecule has 1 aromatic heterocycles. The molecule has 26 heavy (non-hydrogen) atoms. The Labute approximate surface area is 160 Å². The highest BCUT2D eigenvalue weighted by Crippen LogP contribution is 2.21. The van der Waals surface area contributed by atoms with Gasteiger partial charge in [0.15, 0.2) is 11.2 Å². The van der Waals surface area contributed by atoms with Gasteiger partial charge in [-0.1, -0.05) is 29.8 Å². The van der Waals surface area contributed by atoms with E-state index >= 15 is 0 Å². The van der Waals surface area contributed by atoms with Gasteiger partial charge in [0.1, 0.15) is 12.4 Å². The molecule has 1 unspecified atom stereocenters. The van der Waals surface area contributed by atoms with Gasteiger partial charge in [-0.15, -0.1) is 11.3 Å². The molecule has 5 nitrogen and oxygen atoms in total. The third-order valence-electron chi connectivity index (χ3n) is 3.40. The van der Waals surface area contributed by atoms with E-state index in [1.54, 1.807) is 31.2 Å². The molecule has 0 radical (unpaired) electrons. The van der Waals surface area contributed by atoms with Gasteiger partial charge in [-0.2, -0.15) is 0 Å². The SMILES string of the molecule is CC(Oc1ccc(Cl)cc1)C(=O)OCc1csc(Nc2ccccc2)n1. The zero-order valence-electron chi connectivity index (χ0n) is 14.0. The summed E-state index contributed by atoms with van der Waals surface area (Å²) in [5.41, 5.74) is 1.64. The summed E-state index contributed by atoms with van der Waals surface area (Å²) in [7, 11) is 0. The number of nitrogens with zero attached hydrogens (tertiary/aromatic N) is 1. The van der Waals surface area contributed by atoms with Crippen molar-refractivity contribution in [2.24, 2.45) is 0 Å². The minimum atomic E-state index is -0.725. The molecule has 0 spiro atoms. The zero-order valence-corrected chi connectivity index (χ0v) is 15.6. The van der Waals surface area contributed by atoms with Crippen LogP contribution in [0.4, 0.5) is 10.8 Å². The lowest BCUT2D eigenvalue weighted by molar-refractivity contribution is -0.152. The number of ether oxygens (including phenoxy) is 2. The van der Waals surface area contributed by atoms with Crippen LogP contribution in [0.1, 0.15) is 12.6 Å². The molecule has 134 valence electrons. The van der Waals surface area contributed by atoms with Crippen LogP contribution in [0, 0.1) is 0 Å². The Morgan fingerprint density at radius 3 is 2.65 bits per heavy atom. The highest BCUT2D eigenvalue weighted by Gasteiger charge is 2.17. The maximum absolute atomic E-state index is 12.1. The number of hydrogen-bond acceptors (Lipinski definition) is 6. The second kappa shape index (κ2) is 8.69. The number of hydrogen-bond donors (Lipinski definition) is 1. The molecule has 0 saturated heterocycles. The molecule has 0 amide bonds. The second-order valence-electron chi connectivity index (χ2n) is 5.46. The molecule has 0 aliphatic carbocycles. The number of esters is 1. The first-order valence-electron chi connectivity index (χ1n) is 7.95. The Morgan fingerprint density at radius 2 is 1.92 bits per heavy atom. The average Bonchev–Trinajstić information content (AvgIpc) is 3.09. The smallest absolute Gasteiger partial charge is 0.347 e. The molecule has 0 aliphatic heterocycles. The van der Waals surface area contributed by atoms with E-state index < -0.39 is 12.1 Å². The first kappa shape index (κ1) is 18.2. The highest BCUT2D eigenvalue weighted by atomic mass is 35.5. The summed E-state index contributed by atoms with van der Waals surface area (Å²) in [5, 5.41) is 6.40. The molecule has 0 aliphatic rings. The third kappa shape index (κ3) is 5.21. The Balaban J connectivity index is 1.49. The number of para-hydroxylation sites is 1. The fourth-order valence-corrected chi connectivity index (χ4v) is 2.94. The maximum atomic E-state index is 12.1. The van der Waals surface area contributed by atoms with Crippen molar-refractivity contribution in [3.63, 3.8) is 0 Å². The Hall–Kier alpha value is -2.57. The lowest BCUT2D eigenvalue weighted by atomic mass is 10.3. The lowest BCUT2D eigenvalue weighted by Gasteiger charge is -2.13. The van der Waals surface area contributed by atoms with Crippen LogP contribution in [0.25, 0.3) is 0 Å². The molecule has 0 fully saturated rings. The fraction of sp³-hybridized carbons (Fsp3) is 0.158. The largest absolute Gasteiger partial charge is 0.479 e. The molecule has 2 aromatic carbocycles. The first-order chi connectivity index (χ1) is 12.6. The molecule has 0 saturated carbocycles. The van der Waals surface area contributed by atoms with Crippen molar-refractivity contribution in [1.29, 1.82) is 0 Å². The molecule has 7 heteroatoms. The number of halogens is 1. The van der Waals surface area contributed by atoms with Gasteiger partial charge < -0.3 is 14.8 Å². The minimum absolute atomic E-state index is 0.0973. The maximum Gasteiger partial charge on any atom is 0.347 e. The van der Waals surface area contributed by atoms with Crippen molar-refractivity contribution in [2.45, 2.75) is 19.6 Å². The van der Waals surface area contributed by atoms with Crippen LogP contribution in [0.3, 0.4) is 0 Å². The van der Waals surface area contributed by atoms with E-state index in [0.29, 0.717) is 16.5 Å². The third-order valence-corrected chi connectivity index (χ3v) is 4.46. The number of nitrogens with one attached hydrogen (secondary N) is 1. The molecule has 1 N–H and O–H groups in total.